The average molecular weight is 344 g/mol. The molecule has 0 spiro atoms. The van der Waals surface area contributed by atoms with Crippen LogP contribution in [0.15, 0.2) is 22.7 Å². The van der Waals surface area contributed by atoms with Crippen LogP contribution in [-0.4, -0.2) is 35.1 Å². The molecule has 1 fully saturated rings. The van der Waals surface area contributed by atoms with Crippen molar-refractivity contribution in [1.29, 1.82) is 0 Å². The number of carbonyl (C=O) groups is 1. The fourth-order valence-electron chi connectivity index (χ4n) is 2.74. The largest absolute Gasteiger partial charge is 0.366 e. The summed E-state index contributed by atoms with van der Waals surface area (Å²) in [5.41, 5.74) is -0.462. The van der Waals surface area contributed by atoms with Gasteiger partial charge in [-0.25, -0.2) is 4.39 Å². The van der Waals surface area contributed by atoms with Crippen molar-refractivity contribution >= 4 is 21.8 Å². The van der Waals surface area contributed by atoms with Crippen LogP contribution in [0.25, 0.3) is 0 Å². The SMILES string of the molecule is CC1(C)CN(C(=O)c2ccc(Br)c(F)c2)CC(C)(C)O1. The van der Waals surface area contributed by atoms with E-state index in [1.54, 1.807) is 17.0 Å². The third-order valence-corrected chi connectivity index (χ3v) is 3.79. The van der Waals surface area contributed by atoms with Crippen molar-refractivity contribution < 1.29 is 13.9 Å². The van der Waals surface area contributed by atoms with Gasteiger partial charge in [0.25, 0.3) is 5.91 Å². The molecule has 0 N–H and O–H groups in total. The number of benzene rings is 1. The molecular weight excluding hydrogens is 325 g/mol. The van der Waals surface area contributed by atoms with Crippen LogP contribution in [-0.2, 0) is 4.74 Å². The van der Waals surface area contributed by atoms with E-state index in [2.05, 4.69) is 15.9 Å². The molecule has 1 aromatic rings. The molecule has 0 radical (unpaired) electrons. The quantitative estimate of drug-likeness (QED) is 0.779. The van der Waals surface area contributed by atoms with Crippen LogP contribution < -0.4 is 0 Å². The average Bonchev–Trinajstić information content (AvgIpc) is 2.27. The fraction of sp³-hybridized carbons (Fsp3) is 0.533. The highest BCUT2D eigenvalue weighted by Gasteiger charge is 2.40. The van der Waals surface area contributed by atoms with Crippen molar-refractivity contribution in [2.24, 2.45) is 0 Å². The van der Waals surface area contributed by atoms with Crippen LogP contribution in [0.1, 0.15) is 38.1 Å². The van der Waals surface area contributed by atoms with E-state index < -0.39 is 17.0 Å². The Hall–Kier alpha value is -0.940. The molecule has 0 bridgehead atoms. The summed E-state index contributed by atoms with van der Waals surface area (Å²) in [7, 11) is 0. The lowest BCUT2D eigenvalue weighted by Gasteiger charge is -2.47. The number of hydrogen-bond acceptors (Lipinski definition) is 2. The lowest BCUT2D eigenvalue weighted by molar-refractivity contribution is -0.171. The topological polar surface area (TPSA) is 29.5 Å². The summed E-state index contributed by atoms with van der Waals surface area (Å²) in [6.45, 7) is 8.80. The Labute approximate surface area is 127 Å². The molecule has 0 saturated carbocycles. The van der Waals surface area contributed by atoms with Gasteiger partial charge in [-0.3, -0.25) is 4.79 Å². The van der Waals surface area contributed by atoms with Crippen molar-refractivity contribution in [1.82, 2.24) is 4.90 Å². The van der Waals surface area contributed by atoms with Gasteiger partial charge in [-0.05, 0) is 61.8 Å². The first-order chi connectivity index (χ1) is 9.10. The van der Waals surface area contributed by atoms with Gasteiger partial charge in [-0.15, -0.1) is 0 Å². The molecule has 1 amide bonds. The first-order valence-electron chi connectivity index (χ1n) is 6.54. The Morgan fingerprint density at radius 3 is 2.30 bits per heavy atom. The molecule has 2 rings (SSSR count). The number of ether oxygens (including phenoxy) is 1. The van der Waals surface area contributed by atoms with Crippen LogP contribution in [0.4, 0.5) is 4.39 Å². The van der Waals surface area contributed by atoms with Gasteiger partial charge < -0.3 is 9.64 Å². The van der Waals surface area contributed by atoms with E-state index >= 15 is 0 Å². The number of halogens is 2. The highest BCUT2D eigenvalue weighted by molar-refractivity contribution is 9.10. The standard InChI is InChI=1S/C15H19BrFNO2/c1-14(2)8-18(9-15(3,4)20-14)13(19)10-5-6-11(16)12(17)7-10/h5-7H,8-9H2,1-4H3. The predicted molar refractivity (Wildman–Crippen MR) is 79.2 cm³/mol. The number of nitrogens with zero attached hydrogens (tertiary/aromatic N) is 1. The number of rotatable bonds is 1. The van der Waals surface area contributed by atoms with Crippen molar-refractivity contribution in [3.05, 3.63) is 34.1 Å². The molecule has 0 aliphatic carbocycles. The van der Waals surface area contributed by atoms with Crippen molar-refractivity contribution in [3.8, 4) is 0 Å². The molecule has 110 valence electrons. The predicted octanol–water partition coefficient (Wildman–Crippen LogP) is 3.62. The van der Waals surface area contributed by atoms with Crippen LogP contribution >= 0.6 is 15.9 Å². The van der Waals surface area contributed by atoms with Crippen LogP contribution in [0.2, 0.25) is 0 Å². The van der Waals surface area contributed by atoms with E-state index in [0.717, 1.165) is 0 Å². The zero-order chi connectivity index (χ0) is 15.1. The minimum Gasteiger partial charge on any atom is -0.366 e. The van der Waals surface area contributed by atoms with E-state index in [-0.39, 0.29) is 5.91 Å². The second kappa shape index (κ2) is 5.11. The lowest BCUT2D eigenvalue weighted by Crippen LogP contribution is -2.58. The smallest absolute Gasteiger partial charge is 0.254 e. The van der Waals surface area contributed by atoms with Gasteiger partial charge in [0.15, 0.2) is 0 Å². The number of hydrogen-bond donors (Lipinski definition) is 0. The second-order valence-corrected chi connectivity index (χ2v) is 7.27. The molecule has 5 heteroatoms. The number of amides is 1. The summed E-state index contributed by atoms with van der Waals surface area (Å²) in [6, 6.07) is 4.45. The summed E-state index contributed by atoms with van der Waals surface area (Å²) < 4.78 is 19.9. The highest BCUT2D eigenvalue weighted by atomic mass is 79.9. The third kappa shape index (κ3) is 3.38. The lowest BCUT2D eigenvalue weighted by atomic mass is 9.98. The molecule has 1 heterocycles. The molecule has 3 nitrogen and oxygen atoms in total. The third-order valence-electron chi connectivity index (χ3n) is 3.15. The summed E-state index contributed by atoms with van der Waals surface area (Å²) in [6.07, 6.45) is 0. The van der Waals surface area contributed by atoms with Crippen LogP contribution in [0, 0.1) is 5.82 Å². The van der Waals surface area contributed by atoms with Crippen molar-refractivity contribution in [3.63, 3.8) is 0 Å². The molecule has 1 aliphatic rings. The van der Waals surface area contributed by atoms with Crippen LogP contribution in [0.3, 0.4) is 0 Å². The van der Waals surface area contributed by atoms with Gasteiger partial charge in [0.2, 0.25) is 0 Å². The summed E-state index contributed by atoms with van der Waals surface area (Å²) in [4.78, 5) is 14.3. The van der Waals surface area contributed by atoms with Gasteiger partial charge >= 0.3 is 0 Å². The summed E-state index contributed by atoms with van der Waals surface area (Å²) in [5, 5.41) is 0. The minimum absolute atomic E-state index is 0.166. The molecule has 0 aromatic heterocycles. The van der Waals surface area contributed by atoms with Crippen molar-refractivity contribution in [2.75, 3.05) is 13.1 Å². The summed E-state index contributed by atoms with van der Waals surface area (Å²) in [5.74, 6) is -0.594. The minimum atomic E-state index is -0.428. The Morgan fingerprint density at radius 1 is 1.25 bits per heavy atom. The Morgan fingerprint density at radius 2 is 1.80 bits per heavy atom. The normalized spacial score (nSPS) is 20.8. The van der Waals surface area contributed by atoms with E-state index in [1.807, 2.05) is 27.7 Å². The molecule has 1 aromatic carbocycles. The Kier molecular flexibility index (Phi) is 3.95. The maximum Gasteiger partial charge on any atom is 0.254 e. The van der Waals surface area contributed by atoms with E-state index in [1.165, 1.54) is 6.07 Å². The van der Waals surface area contributed by atoms with E-state index in [9.17, 15) is 9.18 Å². The molecule has 1 saturated heterocycles. The molecule has 20 heavy (non-hydrogen) atoms. The second-order valence-electron chi connectivity index (χ2n) is 6.41. The number of morpholine rings is 1. The van der Waals surface area contributed by atoms with Crippen molar-refractivity contribution in [2.45, 2.75) is 38.9 Å². The van der Waals surface area contributed by atoms with Gasteiger partial charge in [-0.1, -0.05) is 0 Å². The maximum absolute atomic E-state index is 13.6. The van der Waals surface area contributed by atoms with Gasteiger partial charge in [0, 0.05) is 18.7 Å². The zero-order valence-corrected chi connectivity index (χ0v) is 13.8. The monoisotopic (exact) mass is 343 g/mol. The van der Waals surface area contributed by atoms with Gasteiger partial charge in [0.1, 0.15) is 5.82 Å². The Balaban J connectivity index is 2.26. The Bertz CT molecular complexity index is 527. The van der Waals surface area contributed by atoms with Gasteiger partial charge in [-0.2, -0.15) is 0 Å². The zero-order valence-electron chi connectivity index (χ0n) is 12.2. The molecular formula is C15H19BrFNO2. The van der Waals surface area contributed by atoms with Crippen LogP contribution in [0.5, 0.6) is 0 Å². The fourth-order valence-corrected chi connectivity index (χ4v) is 2.99. The number of carbonyl (C=O) groups excluding carboxylic acids is 1. The van der Waals surface area contributed by atoms with Gasteiger partial charge in [0.05, 0.1) is 15.7 Å². The first kappa shape index (κ1) is 15.4. The summed E-state index contributed by atoms with van der Waals surface area (Å²) >= 11 is 3.09. The maximum atomic E-state index is 13.6. The molecule has 1 aliphatic heterocycles. The first-order valence-corrected chi connectivity index (χ1v) is 7.33. The molecule has 0 unspecified atom stereocenters. The molecule has 0 atom stereocenters. The van der Waals surface area contributed by atoms with E-state index in [0.29, 0.717) is 23.1 Å². The van der Waals surface area contributed by atoms with E-state index in [4.69, 9.17) is 4.74 Å². The highest BCUT2D eigenvalue weighted by Crippen LogP contribution is 2.29.